The number of aliphatic hydroxyl groups excluding tert-OH is 1. The molecule has 1 heterocycles. The maximum atomic E-state index is 10.6. The van der Waals surface area contributed by atoms with Crippen LogP contribution in [0, 0.1) is 12.3 Å². The second kappa shape index (κ2) is 11.9. The van der Waals surface area contributed by atoms with E-state index in [1.807, 2.05) is 59.3 Å². The third-order valence-corrected chi connectivity index (χ3v) is 5.98. The average Bonchev–Trinajstić information content (AvgIpc) is 3.68. The van der Waals surface area contributed by atoms with Crippen LogP contribution in [0.15, 0.2) is 54.6 Å². The van der Waals surface area contributed by atoms with E-state index < -0.39 is 6.10 Å². The van der Waals surface area contributed by atoms with E-state index in [1.54, 1.807) is 7.11 Å². The lowest BCUT2D eigenvalue weighted by Gasteiger charge is -2.25. The highest BCUT2D eigenvalue weighted by molar-refractivity contribution is 5.44. The predicted octanol–water partition coefficient (Wildman–Crippen LogP) is 4.21. The summed E-state index contributed by atoms with van der Waals surface area (Å²) in [6.45, 7) is 3.62. The Labute approximate surface area is 207 Å². The summed E-state index contributed by atoms with van der Waals surface area (Å²) in [6, 6.07) is 18.0. The normalized spacial score (nSPS) is 14.0. The summed E-state index contributed by atoms with van der Waals surface area (Å²) in [5, 5.41) is 15.5. The molecule has 1 atom stereocenters. The van der Waals surface area contributed by atoms with E-state index in [0.717, 1.165) is 42.0 Å². The van der Waals surface area contributed by atoms with Gasteiger partial charge in [-0.25, -0.2) is 4.68 Å². The Bertz CT molecular complexity index is 1130. The van der Waals surface area contributed by atoms with Gasteiger partial charge in [0.05, 0.1) is 36.8 Å². The third kappa shape index (κ3) is 6.43. The predicted molar refractivity (Wildman–Crippen MR) is 135 cm³/mol. The number of aryl methyl sites for hydroxylation is 1. The Morgan fingerprint density at radius 3 is 2.63 bits per heavy atom. The molecule has 0 radical (unpaired) electrons. The number of hydrogen-bond donors (Lipinski definition) is 1. The SMILES string of the molecule is C#CCOCC(O)CN(Cc1c(CC)nn(-c2ccccc2)c1Oc1cccc(OC)c1)C1CC1. The van der Waals surface area contributed by atoms with E-state index >= 15 is 0 Å². The molecule has 3 aromatic rings. The summed E-state index contributed by atoms with van der Waals surface area (Å²) >= 11 is 0. The first-order valence-electron chi connectivity index (χ1n) is 12.0. The number of aliphatic hydroxyl groups is 1. The maximum Gasteiger partial charge on any atom is 0.227 e. The molecular formula is C28H33N3O4. The standard InChI is InChI=1S/C28H33N3O4/c1-4-16-34-20-23(32)18-30(21-14-15-21)19-26-27(5-2)29-31(22-10-7-6-8-11-22)28(26)35-25-13-9-12-24(17-25)33-3/h1,6-13,17,21,23,32H,5,14-16,18-20H2,2-3H3. The van der Waals surface area contributed by atoms with E-state index in [1.165, 1.54) is 0 Å². The monoisotopic (exact) mass is 475 g/mol. The molecule has 1 aromatic heterocycles. The lowest BCUT2D eigenvalue weighted by molar-refractivity contribution is 0.0240. The highest BCUT2D eigenvalue weighted by atomic mass is 16.5. The number of ether oxygens (including phenoxy) is 3. The van der Waals surface area contributed by atoms with Crippen molar-refractivity contribution in [1.82, 2.24) is 14.7 Å². The molecule has 0 bridgehead atoms. The second-order valence-corrected chi connectivity index (χ2v) is 8.65. The molecule has 1 saturated carbocycles. The van der Waals surface area contributed by atoms with E-state index in [9.17, 15) is 5.11 Å². The first-order chi connectivity index (χ1) is 17.1. The molecule has 184 valence electrons. The summed E-state index contributed by atoms with van der Waals surface area (Å²) in [7, 11) is 1.64. The van der Waals surface area contributed by atoms with Crippen molar-refractivity contribution in [2.24, 2.45) is 0 Å². The molecule has 7 nitrogen and oxygen atoms in total. The van der Waals surface area contributed by atoms with Gasteiger partial charge in [0.15, 0.2) is 0 Å². The van der Waals surface area contributed by atoms with Gasteiger partial charge in [-0.1, -0.05) is 37.1 Å². The van der Waals surface area contributed by atoms with Crippen LogP contribution in [-0.4, -0.2) is 58.8 Å². The number of para-hydroxylation sites is 1. The average molecular weight is 476 g/mol. The molecule has 1 aliphatic carbocycles. The number of hydrogen-bond acceptors (Lipinski definition) is 6. The Morgan fingerprint density at radius 1 is 1.17 bits per heavy atom. The molecule has 1 fully saturated rings. The summed E-state index contributed by atoms with van der Waals surface area (Å²) in [5.41, 5.74) is 2.91. The number of nitrogens with zero attached hydrogens (tertiary/aromatic N) is 3. The summed E-state index contributed by atoms with van der Waals surface area (Å²) in [6.07, 6.45) is 7.61. The van der Waals surface area contributed by atoms with Crippen molar-refractivity contribution in [2.45, 2.75) is 44.9 Å². The Hall–Kier alpha value is -3.31. The smallest absolute Gasteiger partial charge is 0.227 e. The summed E-state index contributed by atoms with van der Waals surface area (Å²) < 4.78 is 19.1. The van der Waals surface area contributed by atoms with Crippen molar-refractivity contribution in [2.75, 3.05) is 26.9 Å². The van der Waals surface area contributed by atoms with E-state index in [4.69, 9.17) is 25.7 Å². The Balaban J connectivity index is 1.67. The minimum atomic E-state index is -0.624. The van der Waals surface area contributed by atoms with Crippen LogP contribution >= 0.6 is 0 Å². The van der Waals surface area contributed by atoms with Crippen LogP contribution < -0.4 is 9.47 Å². The quantitative estimate of drug-likeness (QED) is 0.295. The van der Waals surface area contributed by atoms with Gasteiger partial charge >= 0.3 is 0 Å². The van der Waals surface area contributed by atoms with Crippen LogP contribution in [0.4, 0.5) is 0 Å². The molecular weight excluding hydrogens is 442 g/mol. The second-order valence-electron chi connectivity index (χ2n) is 8.65. The van der Waals surface area contributed by atoms with Crippen molar-refractivity contribution in [1.29, 1.82) is 0 Å². The fourth-order valence-corrected chi connectivity index (χ4v) is 4.11. The molecule has 0 amide bonds. The molecule has 2 aromatic carbocycles. The van der Waals surface area contributed by atoms with Crippen LogP contribution in [0.2, 0.25) is 0 Å². The van der Waals surface area contributed by atoms with Crippen LogP contribution in [0.25, 0.3) is 5.69 Å². The lowest BCUT2D eigenvalue weighted by atomic mass is 10.1. The molecule has 1 unspecified atom stereocenters. The fourth-order valence-electron chi connectivity index (χ4n) is 4.11. The van der Waals surface area contributed by atoms with Gasteiger partial charge in [0, 0.05) is 25.2 Å². The van der Waals surface area contributed by atoms with Crippen LogP contribution in [0.1, 0.15) is 31.0 Å². The third-order valence-electron chi connectivity index (χ3n) is 5.98. The number of aromatic nitrogens is 2. The zero-order chi connectivity index (χ0) is 24.6. The Kier molecular flexibility index (Phi) is 8.43. The van der Waals surface area contributed by atoms with Gasteiger partial charge in [-0.3, -0.25) is 4.90 Å². The van der Waals surface area contributed by atoms with Crippen LogP contribution in [-0.2, 0) is 17.7 Å². The molecule has 35 heavy (non-hydrogen) atoms. The molecule has 4 rings (SSSR count). The maximum absolute atomic E-state index is 10.6. The van der Waals surface area contributed by atoms with E-state index in [2.05, 4.69) is 17.7 Å². The zero-order valence-electron chi connectivity index (χ0n) is 20.4. The van der Waals surface area contributed by atoms with Crippen LogP contribution in [0.5, 0.6) is 17.4 Å². The van der Waals surface area contributed by atoms with Gasteiger partial charge in [-0.05, 0) is 43.5 Å². The number of methoxy groups -OCH3 is 1. The minimum Gasteiger partial charge on any atom is -0.497 e. The number of benzene rings is 2. The highest BCUT2D eigenvalue weighted by Crippen LogP contribution is 2.36. The summed E-state index contributed by atoms with van der Waals surface area (Å²) in [4.78, 5) is 2.30. The number of terminal acetylenes is 1. The van der Waals surface area contributed by atoms with Crippen molar-refractivity contribution in [3.8, 4) is 35.4 Å². The van der Waals surface area contributed by atoms with Gasteiger partial charge in [-0.15, -0.1) is 6.42 Å². The Morgan fingerprint density at radius 2 is 1.94 bits per heavy atom. The topological polar surface area (TPSA) is 69.0 Å². The molecule has 1 N–H and O–H groups in total. The first-order valence-corrected chi connectivity index (χ1v) is 12.0. The lowest BCUT2D eigenvalue weighted by Crippen LogP contribution is -2.36. The molecule has 0 spiro atoms. The number of rotatable bonds is 13. The molecule has 1 aliphatic rings. The van der Waals surface area contributed by atoms with E-state index in [0.29, 0.717) is 30.8 Å². The van der Waals surface area contributed by atoms with Gasteiger partial charge < -0.3 is 19.3 Å². The van der Waals surface area contributed by atoms with Crippen molar-refractivity contribution in [3.05, 3.63) is 65.9 Å². The zero-order valence-corrected chi connectivity index (χ0v) is 20.4. The first kappa shape index (κ1) is 24.8. The molecule has 7 heteroatoms. The van der Waals surface area contributed by atoms with Gasteiger partial charge in [0.2, 0.25) is 5.88 Å². The summed E-state index contributed by atoms with van der Waals surface area (Å²) in [5.74, 6) is 4.51. The highest BCUT2D eigenvalue weighted by Gasteiger charge is 2.33. The van der Waals surface area contributed by atoms with Gasteiger partial charge in [0.25, 0.3) is 0 Å². The van der Waals surface area contributed by atoms with Gasteiger partial charge in [0.1, 0.15) is 18.1 Å². The molecule has 0 aliphatic heterocycles. The van der Waals surface area contributed by atoms with Crippen molar-refractivity contribution < 1.29 is 19.3 Å². The minimum absolute atomic E-state index is 0.197. The van der Waals surface area contributed by atoms with Gasteiger partial charge in [-0.2, -0.15) is 5.10 Å². The molecule has 0 saturated heterocycles. The fraction of sp³-hybridized carbons (Fsp3) is 0.393. The van der Waals surface area contributed by atoms with Crippen molar-refractivity contribution >= 4 is 0 Å². The van der Waals surface area contributed by atoms with E-state index in [-0.39, 0.29) is 13.2 Å². The van der Waals surface area contributed by atoms with Crippen LogP contribution in [0.3, 0.4) is 0 Å². The largest absolute Gasteiger partial charge is 0.497 e. The van der Waals surface area contributed by atoms with Crippen molar-refractivity contribution in [3.63, 3.8) is 0 Å².